The number of phenolic OH excluding ortho intramolecular Hbond substituents is 1. The fourth-order valence-corrected chi connectivity index (χ4v) is 4.18. The van der Waals surface area contributed by atoms with Gasteiger partial charge in [0.2, 0.25) is 5.91 Å². The van der Waals surface area contributed by atoms with E-state index in [0.29, 0.717) is 13.0 Å². The average Bonchev–Trinajstić information content (AvgIpc) is 3.32. The zero-order valence-corrected chi connectivity index (χ0v) is 21.7. The number of nitrogens with two attached hydrogens (primary N) is 1. The molecule has 2 aromatic carbocycles. The summed E-state index contributed by atoms with van der Waals surface area (Å²) < 4.78 is 1.99. The van der Waals surface area contributed by atoms with Gasteiger partial charge in [-0.25, -0.2) is 4.68 Å². The number of carbonyl (C=O) groups is 1. The lowest BCUT2D eigenvalue weighted by molar-refractivity contribution is -0.122. The molecule has 0 aliphatic rings. The van der Waals surface area contributed by atoms with Crippen LogP contribution < -0.4 is 11.1 Å². The van der Waals surface area contributed by atoms with Crippen LogP contribution in [0.4, 0.5) is 0 Å². The summed E-state index contributed by atoms with van der Waals surface area (Å²) in [5.74, 6) is 0.00933. The molecule has 0 spiro atoms. The fraction of sp³-hybridized carbons (Fsp3) is 0.300. The smallest absolute Gasteiger partial charge is 0.237 e. The van der Waals surface area contributed by atoms with Gasteiger partial charge in [-0.15, -0.1) is 0 Å². The molecule has 0 aliphatic carbocycles. The van der Waals surface area contributed by atoms with Gasteiger partial charge < -0.3 is 16.2 Å². The molecule has 0 radical (unpaired) electrons. The molecule has 7 heteroatoms. The van der Waals surface area contributed by atoms with Crippen molar-refractivity contribution in [3.8, 4) is 22.7 Å². The number of benzene rings is 2. The van der Waals surface area contributed by atoms with Crippen molar-refractivity contribution in [2.45, 2.75) is 51.5 Å². The number of rotatable bonds is 9. The van der Waals surface area contributed by atoms with E-state index in [4.69, 9.17) is 10.8 Å². The van der Waals surface area contributed by atoms with Crippen molar-refractivity contribution < 1.29 is 9.90 Å². The molecule has 7 nitrogen and oxygen atoms in total. The number of hydrogen-bond donors (Lipinski definition) is 3. The molecule has 2 aromatic heterocycles. The Bertz CT molecular complexity index is 1310. The van der Waals surface area contributed by atoms with Gasteiger partial charge in [0, 0.05) is 30.2 Å². The standard InChI is InChI=1S/C30H35N5O2/c1-30(2,3)23-8-10-24(11-9-23)35-25(20-28(34-35)22-14-17-32-18-15-22)5-4-16-33-29(37)27(31)19-21-6-12-26(36)13-7-21/h6-15,17-18,20,27,36H,4-5,16,19,31H2,1-3H3,(H,33,37)/t27-/m0/s1. The summed E-state index contributed by atoms with van der Waals surface area (Å²) in [5, 5.41) is 17.3. The van der Waals surface area contributed by atoms with Gasteiger partial charge in [0.25, 0.3) is 0 Å². The first-order valence-corrected chi connectivity index (χ1v) is 12.6. The highest BCUT2D eigenvalue weighted by atomic mass is 16.3. The molecule has 4 N–H and O–H groups in total. The highest BCUT2D eigenvalue weighted by molar-refractivity contribution is 5.81. The Kier molecular flexibility index (Phi) is 8.04. The van der Waals surface area contributed by atoms with Crippen LogP contribution in [0.15, 0.2) is 79.1 Å². The second kappa shape index (κ2) is 11.4. The van der Waals surface area contributed by atoms with Crippen LogP contribution in [0.5, 0.6) is 5.75 Å². The normalized spacial score (nSPS) is 12.3. The maximum atomic E-state index is 12.5. The first-order chi connectivity index (χ1) is 17.7. The number of phenols is 1. The summed E-state index contributed by atoms with van der Waals surface area (Å²) >= 11 is 0. The lowest BCUT2D eigenvalue weighted by Crippen LogP contribution is -2.42. The van der Waals surface area contributed by atoms with Crippen molar-refractivity contribution in [3.63, 3.8) is 0 Å². The van der Waals surface area contributed by atoms with Crippen molar-refractivity contribution in [2.75, 3.05) is 6.54 Å². The number of aryl methyl sites for hydroxylation is 1. The lowest BCUT2D eigenvalue weighted by Gasteiger charge is -2.19. The minimum atomic E-state index is -0.644. The van der Waals surface area contributed by atoms with E-state index in [2.05, 4.69) is 61.4 Å². The second-order valence-electron chi connectivity index (χ2n) is 10.3. The number of nitrogens with zero attached hydrogens (tertiary/aromatic N) is 3. The van der Waals surface area contributed by atoms with Crippen LogP contribution in [0.2, 0.25) is 0 Å². The van der Waals surface area contributed by atoms with Gasteiger partial charge in [0.05, 0.1) is 17.4 Å². The van der Waals surface area contributed by atoms with E-state index in [1.54, 1.807) is 36.7 Å². The van der Waals surface area contributed by atoms with Crippen LogP contribution in [-0.2, 0) is 23.1 Å². The van der Waals surface area contributed by atoms with Gasteiger partial charge in [-0.05, 0) is 78.3 Å². The van der Waals surface area contributed by atoms with Crippen molar-refractivity contribution in [3.05, 3.63) is 95.9 Å². The number of carbonyl (C=O) groups excluding carboxylic acids is 1. The summed E-state index contributed by atoms with van der Waals surface area (Å²) in [6.07, 6.45) is 5.44. The highest BCUT2D eigenvalue weighted by Crippen LogP contribution is 2.26. The SMILES string of the molecule is CC(C)(C)c1ccc(-n2nc(-c3ccncc3)cc2CCCNC(=O)[C@@H](N)Cc2ccc(O)cc2)cc1. The Balaban J connectivity index is 1.42. The summed E-state index contributed by atoms with van der Waals surface area (Å²) in [5.41, 5.74) is 12.3. The van der Waals surface area contributed by atoms with Gasteiger partial charge in [-0.1, -0.05) is 45.0 Å². The minimum Gasteiger partial charge on any atom is -0.508 e. The van der Waals surface area contributed by atoms with Gasteiger partial charge in [-0.3, -0.25) is 9.78 Å². The predicted molar refractivity (Wildman–Crippen MR) is 147 cm³/mol. The molecule has 37 heavy (non-hydrogen) atoms. The molecule has 2 heterocycles. The minimum absolute atomic E-state index is 0.0784. The first-order valence-electron chi connectivity index (χ1n) is 12.6. The van der Waals surface area contributed by atoms with E-state index >= 15 is 0 Å². The number of nitrogens with one attached hydrogen (secondary N) is 1. The number of pyridine rings is 1. The molecule has 192 valence electrons. The summed E-state index contributed by atoms with van der Waals surface area (Å²) in [7, 11) is 0. The number of aromatic hydroxyl groups is 1. The highest BCUT2D eigenvalue weighted by Gasteiger charge is 2.16. The number of amides is 1. The van der Waals surface area contributed by atoms with Gasteiger partial charge in [-0.2, -0.15) is 5.10 Å². The Morgan fingerprint density at radius 3 is 2.35 bits per heavy atom. The molecule has 1 amide bonds. The number of hydrogen-bond acceptors (Lipinski definition) is 5. The van der Waals surface area contributed by atoms with Gasteiger partial charge in [0.1, 0.15) is 5.75 Å². The molecule has 0 bridgehead atoms. The van der Waals surface area contributed by atoms with E-state index < -0.39 is 6.04 Å². The Labute approximate surface area is 218 Å². The van der Waals surface area contributed by atoms with E-state index in [1.807, 2.05) is 16.8 Å². The van der Waals surface area contributed by atoms with E-state index in [0.717, 1.165) is 41.0 Å². The fourth-order valence-electron chi connectivity index (χ4n) is 4.18. The van der Waals surface area contributed by atoms with Crippen LogP contribution in [0.1, 0.15) is 44.0 Å². The van der Waals surface area contributed by atoms with E-state index in [-0.39, 0.29) is 17.1 Å². The predicted octanol–water partition coefficient (Wildman–Crippen LogP) is 4.56. The molecule has 4 rings (SSSR count). The Morgan fingerprint density at radius 2 is 1.70 bits per heavy atom. The molecule has 4 aromatic rings. The van der Waals surface area contributed by atoms with Crippen LogP contribution in [0, 0.1) is 0 Å². The zero-order valence-electron chi connectivity index (χ0n) is 21.7. The molecular weight excluding hydrogens is 462 g/mol. The topological polar surface area (TPSA) is 106 Å². The van der Waals surface area contributed by atoms with Crippen LogP contribution >= 0.6 is 0 Å². The second-order valence-corrected chi connectivity index (χ2v) is 10.3. The monoisotopic (exact) mass is 497 g/mol. The summed E-state index contributed by atoms with van der Waals surface area (Å²) in [6, 6.07) is 20.6. The van der Waals surface area contributed by atoms with Gasteiger partial charge >= 0.3 is 0 Å². The molecule has 0 unspecified atom stereocenters. The van der Waals surface area contributed by atoms with E-state index in [1.165, 1.54) is 5.56 Å². The van der Waals surface area contributed by atoms with Crippen LogP contribution in [0.25, 0.3) is 16.9 Å². The molecule has 1 atom stereocenters. The molecule has 0 saturated heterocycles. The quantitative estimate of drug-likeness (QED) is 0.294. The Morgan fingerprint density at radius 1 is 1.03 bits per heavy atom. The van der Waals surface area contributed by atoms with Gasteiger partial charge in [0.15, 0.2) is 0 Å². The van der Waals surface area contributed by atoms with E-state index in [9.17, 15) is 9.90 Å². The van der Waals surface area contributed by atoms with Crippen LogP contribution in [-0.4, -0.2) is 38.4 Å². The van der Waals surface area contributed by atoms with Crippen molar-refractivity contribution in [2.24, 2.45) is 5.73 Å². The summed E-state index contributed by atoms with van der Waals surface area (Å²) in [4.78, 5) is 16.6. The van der Waals surface area contributed by atoms with Crippen molar-refractivity contribution in [1.29, 1.82) is 0 Å². The van der Waals surface area contributed by atoms with Crippen molar-refractivity contribution in [1.82, 2.24) is 20.1 Å². The molecule has 0 fully saturated rings. The average molecular weight is 498 g/mol. The third kappa shape index (κ3) is 6.83. The molecular formula is C30H35N5O2. The maximum absolute atomic E-state index is 12.5. The Hall–Kier alpha value is -3.97. The summed E-state index contributed by atoms with van der Waals surface area (Å²) in [6.45, 7) is 7.12. The maximum Gasteiger partial charge on any atom is 0.237 e. The largest absolute Gasteiger partial charge is 0.508 e. The lowest BCUT2D eigenvalue weighted by atomic mass is 9.87. The third-order valence-electron chi connectivity index (χ3n) is 6.37. The number of aromatic nitrogens is 3. The zero-order chi connectivity index (χ0) is 26.4. The molecule has 0 aliphatic heterocycles. The van der Waals surface area contributed by atoms with Crippen LogP contribution in [0.3, 0.4) is 0 Å². The third-order valence-corrected chi connectivity index (χ3v) is 6.37. The molecule has 0 saturated carbocycles. The first kappa shape index (κ1) is 26.1. The van der Waals surface area contributed by atoms with Crippen molar-refractivity contribution >= 4 is 5.91 Å².